The van der Waals surface area contributed by atoms with Crippen LogP contribution in [0.4, 0.5) is 10.5 Å². The number of esters is 1. The number of nitrogens with zero attached hydrogens (tertiary/aromatic N) is 2. The van der Waals surface area contributed by atoms with Crippen LogP contribution >= 0.6 is 0 Å². The Balaban J connectivity index is 1.55. The van der Waals surface area contributed by atoms with Crippen LogP contribution in [0.5, 0.6) is 0 Å². The van der Waals surface area contributed by atoms with Gasteiger partial charge in [0.15, 0.2) is 0 Å². The average molecular weight is 381 g/mol. The number of carbonyl (C=O) groups is 2. The van der Waals surface area contributed by atoms with Gasteiger partial charge < -0.3 is 19.9 Å². The molecular weight excluding hydrogens is 354 g/mol. The fraction of sp³-hybridized carbons (Fsp3) is 0.364. The van der Waals surface area contributed by atoms with Crippen molar-refractivity contribution in [3.8, 4) is 0 Å². The van der Waals surface area contributed by atoms with Crippen molar-refractivity contribution in [2.45, 2.75) is 20.4 Å². The van der Waals surface area contributed by atoms with E-state index in [-0.39, 0.29) is 12.0 Å². The number of piperazine rings is 1. The van der Waals surface area contributed by atoms with Crippen LogP contribution in [0.1, 0.15) is 28.4 Å². The van der Waals surface area contributed by atoms with Crippen LogP contribution in [0.2, 0.25) is 0 Å². The lowest BCUT2D eigenvalue weighted by molar-refractivity contribution is 0.0527. The summed E-state index contributed by atoms with van der Waals surface area (Å²) in [5.74, 6) is -0.309. The predicted octanol–water partition coefficient (Wildman–Crippen LogP) is 3.20. The van der Waals surface area contributed by atoms with E-state index in [1.54, 1.807) is 13.0 Å². The summed E-state index contributed by atoms with van der Waals surface area (Å²) < 4.78 is 5.16. The molecule has 28 heavy (non-hydrogen) atoms. The summed E-state index contributed by atoms with van der Waals surface area (Å²) in [5, 5.41) is 2.98. The van der Waals surface area contributed by atoms with E-state index in [0.717, 1.165) is 11.3 Å². The first-order valence-corrected chi connectivity index (χ1v) is 9.68. The quantitative estimate of drug-likeness (QED) is 0.808. The lowest BCUT2D eigenvalue weighted by atomic mass is 10.1. The zero-order chi connectivity index (χ0) is 19.9. The molecule has 148 valence electrons. The summed E-state index contributed by atoms with van der Waals surface area (Å²) in [6, 6.07) is 15.6. The number of nitrogens with one attached hydrogen (secondary N) is 1. The topological polar surface area (TPSA) is 61.9 Å². The Labute approximate surface area is 166 Å². The SMILES string of the molecule is CCOC(=O)c1ccccc1N1CCN(C(=O)NCc2ccc(C)cc2)CC1. The number of ether oxygens (including phenoxy) is 1. The van der Waals surface area contributed by atoms with E-state index in [2.05, 4.69) is 10.2 Å². The molecule has 2 amide bonds. The van der Waals surface area contributed by atoms with Crippen LogP contribution in [0.25, 0.3) is 0 Å². The summed E-state index contributed by atoms with van der Waals surface area (Å²) >= 11 is 0. The largest absolute Gasteiger partial charge is 0.462 e. The van der Waals surface area contributed by atoms with Gasteiger partial charge in [0.25, 0.3) is 0 Å². The molecule has 6 nitrogen and oxygen atoms in total. The zero-order valence-electron chi connectivity index (χ0n) is 16.5. The molecule has 3 rings (SSSR count). The molecule has 1 aliphatic heterocycles. The molecule has 0 spiro atoms. The van der Waals surface area contributed by atoms with Gasteiger partial charge in [0.2, 0.25) is 0 Å². The van der Waals surface area contributed by atoms with Gasteiger partial charge in [0.05, 0.1) is 17.9 Å². The number of hydrogen-bond acceptors (Lipinski definition) is 4. The predicted molar refractivity (Wildman–Crippen MR) is 110 cm³/mol. The third-order valence-corrected chi connectivity index (χ3v) is 4.87. The maximum absolute atomic E-state index is 12.5. The smallest absolute Gasteiger partial charge is 0.340 e. The van der Waals surface area contributed by atoms with Crippen LogP contribution in [-0.4, -0.2) is 49.7 Å². The second-order valence-electron chi connectivity index (χ2n) is 6.86. The fourth-order valence-electron chi connectivity index (χ4n) is 3.28. The lowest BCUT2D eigenvalue weighted by Gasteiger charge is -2.36. The van der Waals surface area contributed by atoms with E-state index in [9.17, 15) is 9.59 Å². The van der Waals surface area contributed by atoms with Gasteiger partial charge >= 0.3 is 12.0 Å². The van der Waals surface area contributed by atoms with Gasteiger partial charge in [-0.1, -0.05) is 42.0 Å². The minimum absolute atomic E-state index is 0.0566. The highest BCUT2D eigenvalue weighted by atomic mass is 16.5. The summed E-state index contributed by atoms with van der Waals surface area (Å²) in [5.41, 5.74) is 3.72. The van der Waals surface area contributed by atoms with Crippen molar-refractivity contribution in [3.63, 3.8) is 0 Å². The fourth-order valence-corrected chi connectivity index (χ4v) is 3.28. The van der Waals surface area contributed by atoms with E-state index >= 15 is 0 Å². The molecule has 0 atom stereocenters. The van der Waals surface area contributed by atoms with E-state index in [1.807, 2.05) is 54.3 Å². The van der Waals surface area contributed by atoms with E-state index in [1.165, 1.54) is 5.56 Å². The summed E-state index contributed by atoms with van der Waals surface area (Å²) in [4.78, 5) is 28.6. The number of anilines is 1. The van der Waals surface area contributed by atoms with Gasteiger partial charge in [-0.2, -0.15) is 0 Å². The zero-order valence-corrected chi connectivity index (χ0v) is 16.5. The molecule has 0 bridgehead atoms. The Morgan fingerprint density at radius 1 is 1.00 bits per heavy atom. The lowest BCUT2D eigenvalue weighted by Crippen LogP contribution is -2.52. The van der Waals surface area contributed by atoms with Crippen molar-refractivity contribution in [2.24, 2.45) is 0 Å². The highest BCUT2D eigenvalue weighted by Crippen LogP contribution is 2.22. The molecule has 0 aromatic heterocycles. The van der Waals surface area contributed by atoms with Crippen molar-refractivity contribution in [1.82, 2.24) is 10.2 Å². The summed E-state index contributed by atoms with van der Waals surface area (Å²) in [6.45, 7) is 7.28. The highest BCUT2D eigenvalue weighted by Gasteiger charge is 2.24. The number of rotatable bonds is 5. The molecule has 1 saturated heterocycles. The van der Waals surface area contributed by atoms with Gasteiger partial charge in [-0.25, -0.2) is 9.59 Å². The van der Waals surface area contributed by atoms with Gasteiger partial charge in [0, 0.05) is 32.7 Å². The summed E-state index contributed by atoms with van der Waals surface area (Å²) in [7, 11) is 0. The van der Waals surface area contributed by atoms with Crippen molar-refractivity contribution in [2.75, 3.05) is 37.7 Å². The Bertz CT molecular complexity index is 812. The Hall–Kier alpha value is -3.02. The van der Waals surface area contributed by atoms with Crippen molar-refractivity contribution < 1.29 is 14.3 Å². The minimum atomic E-state index is -0.309. The third-order valence-electron chi connectivity index (χ3n) is 4.87. The van der Waals surface area contributed by atoms with Gasteiger partial charge in [0.1, 0.15) is 0 Å². The average Bonchev–Trinajstić information content (AvgIpc) is 2.73. The molecule has 6 heteroatoms. The number of amides is 2. The second-order valence-corrected chi connectivity index (χ2v) is 6.86. The molecule has 0 saturated carbocycles. The maximum atomic E-state index is 12.5. The minimum Gasteiger partial charge on any atom is -0.462 e. The van der Waals surface area contributed by atoms with Gasteiger partial charge in [-0.05, 0) is 31.5 Å². The van der Waals surface area contributed by atoms with Crippen LogP contribution in [0, 0.1) is 6.92 Å². The number of aryl methyl sites for hydroxylation is 1. The molecule has 0 radical (unpaired) electrons. The van der Waals surface area contributed by atoms with E-state index in [4.69, 9.17) is 4.74 Å². The molecule has 0 unspecified atom stereocenters. The molecule has 2 aromatic carbocycles. The van der Waals surface area contributed by atoms with E-state index < -0.39 is 0 Å². The van der Waals surface area contributed by atoms with Gasteiger partial charge in [-0.3, -0.25) is 0 Å². The molecular formula is C22H27N3O3. The van der Waals surface area contributed by atoms with Crippen molar-refractivity contribution in [1.29, 1.82) is 0 Å². The molecule has 0 aliphatic carbocycles. The molecule has 2 aromatic rings. The Morgan fingerprint density at radius 3 is 2.36 bits per heavy atom. The van der Waals surface area contributed by atoms with Gasteiger partial charge in [-0.15, -0.1) is 0 Å². The van der Waals surface area contributed by atoms with Crippen LogP contribution < -0.4 is 10.2 Å². The Kier molecular flexibility index (Phi) is 6.53. The van der Waals surface area contributed by atoms with Crippen LogP contribution in [0.15, 0.2) is 48.5 Å². The standard InChI is InChI=1S/C22H27N3O3/c1-3-28-21(26)19-6-4-5-7-20(19)24-12-14-25(15-13-24)22(27)23-16-18-10-8-17(2)9-11-18/h4-11H,3,12-16H2,1-2H3,(H,23,27). The van der Waals surface area contributed by atoms with E-state index in [0.29, 0.717) is 44.9 Å². The molecule has 1 heterocycles. The first-order chi connectivity index (χ1) is 13.6. The number of hydrogen-bond donors (Lipinski definition) is 1. The first kappa shape index (κ1) is 19.7. The van der Waals surface area contributed by atoms with Crippen molar-refractivity contribution in [3.05, 3.63) is 65.2 Å². The monoisotopic (exact) mass is 381 g/mol. The number of carbonyl (C=O) groups excluding carboxylic acids is 2. The van der Waals surface area contributed by atoms with Crippen molar-refractivity contribution >= 4 is 17.7 Å². The van der Waals surface area contributed by atoms with Crippen LogP contribution in [0.3, 0.4) is 0 Å². The summed E-state index contributed by atoms with van der Waals surface area (Å²) in [6.07, 6.45) is 0. The molecule has 1 aliphatic rings. The normalized spacial score (nSPS) is 13.9. The molecule has 1 N–H and O–H groups in total. The molecule has 1 fully saturated rings. The van der Waals surface area contributed by atoms with Crippen LogP contribution in [-0.2, 0) is 11.3 Å². The highest BCUT2D eigenvalue weighted by molar-refractivity contribution is 5.96. The number of urea groups is 1. The third kappa shape index (κ3) is 4.82. The number of para-hydroxylation sites is 1. The maximum Gasteiger partial charge on any atom is 0.340 e. The number of benzene rings is 2. The second kappa shape index (κ2) is 9.26. The first-order valence-electron chi connectivity index (χ1n) is 9.68. The Morgan fingerprint density at radius 2 is 1.68 bits per heavy atom.